The van der Waals surface area contributed by atoms with E-state index in [0.29, 0.717) is 6.07 Å². The van der Waals surface area contributed by atoms with Crippen LogP contribution in [0.15, 0.2) is 23.1 Å². The molecule has 0 bridgehead atoms. The molecule has 1 aliphatic rings. The summed E-state index contributed by atoms with van der Waals surface area (Å²) in [5, 5.41) is 1.99. The first-order valence-electron chi connectivity index (χ1n) is 7.29. The molecule has 0 radical (unpaired) electrons. The Bertz CT molecular complexity index is 764. The Hall–Kier alpha value is -2.11. The van der Waals surface area contributed by atoms with Gasteiger partial charge in [-0.1, -0.05) is 0 Å². The van der Waals surface area contributed by atoms with E-state index in [9.17, 15) is 26.8 Å². The van der Waals surface area contributed by atoms with Crippen molar-refractivity contribution in [1.29, 1.82) is 0 Å². The van der Waals surface area contributed by atoms with E-state index in [1.54, 1.807) is 4.90 Å². The first kappa shape index (κ1) is 19.2. The fraction of sp³-hybridized carbons (Fsp3) is 0.429. The minimum Gasteiger partial charge on any atom is -0.453 e. The molecule has 0 unspecified atom stereocenters. The highest BCUT2D eigenvalue weighted by atomic mass is 32.2. The predicted octanol–water partition coefficient (Wildman–Crippen LogP) is 0.154. The molecule has 1 aliphatic heterocycles. The zero-order chi connectivity index (χ0) is 18.6. The predicted molar refractivity (Wildman–Crippen MR) is 82.1 cm³/mol. The maximum absolute atomic E-state index is 13.7. The second-order valence-corrected chi connectivity index (χ2v) is 7.20. The molecule has 2 amide bonds. The van der Waals surface area contributed by atoms with Crippen molar-refractivity contribution in [2.75, 3.05) is 39.8 Å². The average molecular weight is 377 g/mol. The van der Waals surface area contributed by atoms with Crippen LogP contribution in [0.25, 0.3) is 0 Å². The molecule has 138 valence electrons. The molecule has 1 heterocycles. The number of nitrogens with zero attached hydrogens (tertiary/aromatic N) is 2. The number of amides is 2. The number of ether oxygens (including phenoxy) is 1. The summed E-state index contributed by atoms with van der Waals surface area (Å²) < 4.78 is 57.2. The summed E-state index contributed by atoms with van der Waals surface area (Å²) in [6.07, 6.45) is -0.882. The minimum absolute atomic E-state index is 0.00376. The lowest BCUT2D eigenvalue weighted by molar-refractivity contribution is -0.121. The number of benzene rings is 1. The van der Waals surface area contributed by atoms with Crippen LogP contribution < -0.4 is 5.32 Å². The zero-order valence-electron chi connectivity index (χ0n) is 13.4. The van der Waals surface area contributed by atoms with Crippen molar-refractivity contribution in [3.05, 3.63) is 29.8 Å². The fourth-order valence-electron chi connectivity index (χ4n) is 2.35. The molecular formula is C14H17F2N3O5S. The number of imide groups is 1. The first-order valence-corrected chi connectivity index (χ1v) is 8.73. The smallest absolute Gasteiger partial charge is 0.413 e. The molecule has 0 atom stereocenters. The number of sulfonamides is 1. The van der Waals surface area contributed by atoms with Gasteiger partial charge >= 0.3 is 6.09 Å². The van der Waals surface area contributed by atoms with Crippen LogP contribution in [-0.4, -0.2) is 69.5 Å². The summed E-state index contributed by atoms with van der Waals surface area (Å²) in [5.74, 6) is -2.46. The maximum Gasteiger partial charge on any atom is 0.413 e. The van der Waals surface area contributed by atoms with Crippen LogP contribution >= 0.6 is 0 Å². The minimum atomic E-state index is -4.17. The highest BCUT2D eigenvalue weighted by molar-refractivity contribution is 7.89. The number of halogens is 2. The zero-order valence-corrected chi connectivity index (χ0v) is 14.2. The first-order chi connectivity index (χ1) is 11.7. The molecular weight excluding hydrogens is 360 g/mol. The second kappa shape index (κ2) is 7.85. The quantitative estimate of drug-likeness (QED) is 0.803. The molecule has 0 aliphatic carbocycles. The number of nitrogens with one attached hydrogen (secondary N) is 1. The number of alkyl carbamates (subject to hydrolysis) is 1. The van der Waals surface area contributed by atoms with E-state index in [0.717, 1.165) is 23.5 Å². The third kappa shape index (κ3) is 4.71. The molecule has 25 heavy (non-hydrogen) atoms. The summed E-state index contributed by atoms with van der Waals surface area (Å²) in [5.41, 5.74) is 0. The summed E-state index contributed by atoms with van der Waals surface area (Å²) in [7, 11) is -3.05. The molecule has 8 nitrogen and oxygen atoms in total. The van der Waals surface area contributed by atoms with Crippen LogP contribution in [0.1, 0.15) is 0 Å². The highest BCUT2D eigenvalue weighted by Gasteiger charge is 2.31. The van der Waals surface area contributed by atoms with Gasteiger partial charge in [0.2, 0.25) is 15.9 Å². The lowest BCUT2D eigenvalue weighted by atomic mass is 10.3. The van der Waals surface area contributed by atoms with Crippen LogP contribution in [0, 0.1) is 11.6 Å². The van der Waals surface area contributed by atoms with Gasteiger partial charge in [-0.05, 0) is 18.2 Å². The number of hydrogen-bond acceptors (Lipinski definition) is 6. The van der Waals surface area contributed by atoms with Crippen molar-refractivity contribution in [1.82, 2.24) is 14.5 Å². The van der Waals surface area contributed by atoms with Crippen molar-refractivity contribution in [2.45, 2.75) is 4.90 Å². The summed E-state index contributed by atoms with van der Waals surface area (Å²) in [6, 6.07) is 2.24. The van der Waals surface area contributed by atoms with E-state index < -0.39 is 38.6 Å². The average Bonchev–Trinajstić information content (AvgIpc) is 2.57. The van der Waals surface area contributed by atoms with Crippen molar-refractivity contribution in [3.8, 4) is 0 Å². The Morgan fingerprint density at radius 1 is 1.20 bits per heavy atom. The Kier molecular flexibility index (Phi) is 6.03. The third-order valence-electron chi connectivity index (χ3n) is 3.64. The highest BCUT2D eigenvalue weighted by Crippen LogP contribution is 2.21. The van der Waals surface area contributed by atoms with Gasteiger partial charge in [-0.15, -0.1) is 0 Å². The monoisotopic (exact) mass is 377 g/mol. The van der Waals surface area contributed by atoms with E-state index >= 15 is 0 Å². The SMILES string of the molecule is COC(=O)NC(=O)CN1CCN(S(=O)(=O)c2cc(F)ccc2F)CC1. The number of piperazine rings is 1. The molecule has 1 aromatic rings. The van der Waals surface area contributed by atoms with E-state index in [1.165, 1.54) is 0 Å². The summed E-state index contributed by atoms with van der Waals surface area (Å²) in [6.45, 7) is 0.292. The molecule has 2 rings (SSSR count). The number of rotatable bonds is 4. The van der Waals surface area contributed by atoms with Crippen LogP contribution in [-0.2, 0) is 19.6 Å². The second-order valence-electron chi connectivity index (χ2n) is 5.29. The van der Waals surface area contributed by atoms with Crippen LogP contribution in [0.4, 0.5) is 13.6 Å². The third-order valence-corrected chi connectivity index (χ3v) is 5.55. The number of carbonyl (C=O) groups excluding carboxylic acids is 2. The van der Waals surface area contributed by atoms with E-state index in [2.05, 4.69) is 4.74 Å². The van der Waals surface area contributed by atoms with E-state index in [4.69, 9.17) is 0 Å². The van der Waals surface area contributed by atoms with Gasteiger partial charge in [0.25, 0.3) is 0 Å². The van der Waals surface area contributed by atoms with Gasteiger partial charge in [-0.25, -0.2) is 22.0 Å². The molecule has 0 saturated carbocycles. The van der Waals surface area contributed by atoms with Crippen molar-refractivity contribution >= 4 is 22.0 Å². The molecule has 1 fully saturated rings. The summed E-state index contributed by atoms with van der Waals surface area (Å²) >= 11 is 0. The molecule has 1 aromatic carbocycles. The van der Waals surface area contributed by atoms with Crippen LogP contribution in [0.5, 0.6) is 0 Å². The van der Waals surface area contributed by atoms with Gasteiger partial charge in [0, 0.05) is 26.2 Å². The Morgan fingerprint density at radius 3 is 2.44 bits per heavy atom. The van der Waals surface area contributed by atoms with Gasteiger partial charge in [0.1, 0.15) is 16.5 Å². The normalized spacial score (nSPS) is 16.4. The van der Waals surface area contributed by atoms with E-state index in [-0.39, 0.29) is 32.7 Å². The van der Waals surface area contributed by atoms with Crippen molar-refractivity contribution < 1.29 is 31.5 Å². The topological polar surface area (TPSA) is 96.0 Å². The molecule has 0 spiro atoms. The van der Waals surface area contributed by atoms with Crippen LogP contribution in [0.3, 0.4) is 0 Å². The molecule has 11 heteroatoms. The standard InChI is InChI=1S/C14H17F2N3O5S/c1-24-14(21)17-13(20)9-18-4-6-19(7-5-18)25(22,23)12-8-10(15)2-3-11(12)16/h2-3,8H,4-7,9H2,1H3,(H,17,20,21). The van der Waals surface area contributed by atoms with Crippen LogP contribution in [0.2, 0.25) is 0 Å². The Morgan fingerprint density at radius 2 is 1.84 bits per heavy atom. The number of methoxy groups -OCH3 is 1. The summed E-state index contributed by atoms with van der Waals surface area (Å²) in [4.78, 5) is 23.4. The van der Waals surface area contributed by atoms with Gasteiger partial charge in [-0.3, -0.25) is 15.0 Å². The molecule has 0 aromatic heterocycles. The van der Waals surface area contributed by atoms with Gasteiger partial charge in [0.05, 0.1) is 13.7 Å². The molecule has 1 N–H and O–H groups in total. The van der Waals surface area contributed by atoms with Crippen molar-refractivity contribution in [2.24, 2.45) is 0 Å². The lowest BCUT2D eigenvalue weighted by Crippen LogP contribution is -2.51. The maximum atomic E-state index is 13.7. The van der Waals surface area contributed by atoms with Gasteiger partial charge in [0.15, 0.2) is 0 Å². The van der Waals surface area contributed by atoms with Gasteiger partial charge < -0.3 is 4.74 Å². The number of carbonyl (C=O) groups is 2. The fourth-order valence-corrected chi connectivity index (χ4v) is 3.85. The van der Waals surface area contributed by atoms with Crippen molar-refractivity contribution in [3.63, 3.8) is 0 Å². The lowest BCUT2D eigenvalue weighted by Gasteiger charge is -2.33. The van der Waals surface area contributed by atoms with Gasteiger partial charge in [-0.2, -0.15) is 4.31 Å². The Balaban J connectivity index is 1.98. The Labute approximate surface area is 143 Å². The largest absolute Gasteiger partial charge is 0.453 e. The number of hydrogen-bond donors (Lipinski definition) is 1. The van der Waals surface area contributed by atoms with E-state index in [1.807, 2.05) is 5.32 Å². The molecule has 1 saturated heterocycles.